The molecule has 13 heavy (non-hydrogen) atoms. The highest BCUT2D eigenvalue weighted by molar-refractivity contribution is 4.93. The van der Waals surface area contributed by atoms with Crippen molar-refractivity contribution in [2.24, 2.45) is 0 Å². The van der Waals surface area contributed by atoms with Gasteiger partial charge in [-0.3, -0.25) is 0 Å². The SMILES string of the molecule is OC[C@H]1OCOC(CO)(CO)[C@H]1O. The van der Waals surface area contributed by atoms with E-state index in [0.717, 1.165) is 0 Å². The molecule has 0 aliphatic carbocycles. The zero-order valence-electron chi connectivity index (χ0n) is 7.09. The largest absolute Gasteiger partial charge is 0.394 e. The number of aliphatic hydroxyl groups excluding tert-OH is 4. The minimum atomic E-state index is -1.42. The molecule has 0 radical (unpaired) electrons. The van der Waals surface area contributed by atoms with Gasteiger partial charge in [0, 0.05) is 0 Å². The first-order chi connectivity index (χ1) is 6.20. The van der Waals surface area contributed by atoms with E-state index in [1.54, 1.807) is 0 Å². The van der Waals surface area contributed by atoms with Crippen LogP contribution in [0, 0.1) is 0 Å². The Morgan fingerprint density at radius 2 is 1.85 bits per heavy atom. The Labute approximate surface area is 75.3 Å². The molecule has 1 aliphatic rings. The fraction of sp³-hybridized carbons (Fsp3) is 1.00. The smallest absolute Gasteiger partial charge is 0.148 e. The van der Waals surface area contributed by atoms with Gasteiger partial charge in [-0.15, -0.1) is 0 Å². The molecule has 1 aliphatic heterocycles. The van der Waals surface area contributed by atoms with Gasteiger partial charge < -0.3 is 29.9 Å². The first kappa shape index (κ1) is 10.8. The van der Waals surface area contributed by atoms with Gasteiger partial charge >= 0.3 is 0 Å². The summed E-state index contributed by atoms with van der Waals surface area (Å²) in [7, 11) is 0. The summed E-state index contributed by atoms with van der Waals surface area (Å²) >= 11 is 0. The topological polar surface area (TPSA) is 99.4 Å². The summed E-state index contributed by atoms with van der Waals surface area (Å²) < 4.78 is 9.78. The molecule has 6 nitrogen and oxygen atoms in total. The van der Waals surface area contributed by atoms with Crippen LogP contribution < -0.4 is 0 Å². The van der Waals surface area contributed by atoms with Crippen LogP contribution in [0.3, 0.4) is 0 Å². The van der Waals surface area contributed by atoms with Crippen LogP contribution in [0.15, 0.2) is 0 Å². The second-order valence-corrected chi connectivity index (χ2v) is 2.98. The van der Waals surface area contributed by atoms with E-state index in [0.29, 0.717) is 0 Å². The van der Waals surface area contributed by atoms with Crippen molar-refractivity contribution in [1.29, 1.82) is 0 Å². The Morgan fingerprint density at radius 3 is 2.31 bits per heavy atom. The van der Waals surface area contributed by atoms with Crippen molar-refractivity contribution in [1.82, 2.24) is 0 Å². The highest BCUT2D eigenvalue weighted by Crippen LogP contribution is 2.24. The third-order valence-electron chi connectivity index (χ3n) is 2.23. The first-order valence-corrected chi connectivity index (χ1v) is 3.96. The van der Waals surface area contributed by atoms with Crippen molar-refractivity contribution < 1.29 is 29.9 Å². The summed E-state index contributed by atoms with van der Waals surface area (Å²) in [5, 5.41) is 36.2. The van der Waals surface area contributed by atoms with E-state index < -0.39 is 31.0 Å². The Bertz CT molecular complexity index is 157. The van der Waals surface area contributed by atoms with Gasteiger partial charge in [0.15, 0.2) is 0 Å². The molecule has 0 spiro atoms. The number of ether oxygens (including phenoxy) is 2. The molecule has 0 unspecified atom stereocenters. The van der Waals surface area contributed by atoms with Gasteiger partial charge in [0.2, 0.25) is 0 Å². The van der Waals surface area contributed by atoms with E-state index >= 15 is 0 Å². The van der Waals surface area contributed by atoms with Crippen LogP contribution >= 0.6 is 0 Å². The maximum atomic E-state index is 9.55. The molecule has 0 amide bonds. The summed E-state index contributed by atoms with van der Waals surface area (Å²) in [4.78, 5) is 0. The van der Waals surface area contributed by atoms with Crippen LogP contribution in [0.4, 0.5) is 0 Å². The third-order valence-corrected chi connectivity index (χ3v) is 2.23. The van der Waals surface area contributed by atoms with Gasteiger partial charge in [-0.05, 0) is 0 Å². The highest BCUT2D eigenvalue weighted by Gasteiger charge is 2.46. The lowest BCUT2D eigenvalue weighted by atomic mass is 9.93. The van der Waals surface area contributed by atoms with Gasteiger partial charge in [0.25, 0.3) is 0 Å². The molecule has 0 aromatic heterocycles. The molecule has 6 heteroatoms. The van der Waals surface area contributed by atoms with Crippen molar-refractivity contribution in [3.63, 3.8) is 0 Å². The van der Waals surface area contributed by atoms with Crippen LogP contribution in [0.1, 0.15) is 0 Å². The average Bonchev–Trinajstić information content (AvgIpc) is 2.19. The van der Waals surface area contributed by atoms with E-state index in [-0.39, 0.29) is 13.4 Å². The Morgan fingerprint density at radius 1 is 1.23 bits per heavy atom. The summed E-state index contributed by atoms with van der Waals surface area (Å²) in [5.74, 6) is 0. The van der Waals surface area contributed by atoms with E-state index in [2.05, 4.69) is 0 Å². The number of aliphatic hydroxyl groups is 4. The molecule has 2 atom stereocenters. The zero-order chi connectivity index (χ0) is 9.90. The number of hydrogen-bond donors (Lipinski definition) is 4. The molecule has 1 rings (SSSR count). The molecule has 78 valence electrons. The minimum absolute atomic E-state index is 0.163. The van der Waals surface area contributed by atoms with E-state index in [1.807, 2.05) is 0 Å². The van der Waals surface area contributed by atoms with Crippen LogP contribution in [-0.4, -0.2) is 64.8 Å². The summed E-state index contributed by atoms with van der Waals surface area (Å²) in [5.41, 5.74) is -1.42. The summed E-state index contributed by atoms with van der Waals surface area (Å²) in [6.45, 7) is -1.59. The van der Waals surface area contributed by atoms with E-state index in [4.69, 9.17) is 24.8 Å². The quantitative estimate of drug-likeness (QED) is 0.394. The molecule has 0 saturated carbocycles. The fourth-order valence-electron chi connectivity index (χ4n) is 1.23. The molecule has 1 fully saturated rings. The number of hydrogen-bond acceptors (Lipinski definition) is 6. The maximum Gasteiger partial charge on any atom is 0.148 e. The molecule has 4 N–H and O–H groups in total. The average molecular weight is 194 g/mol. The maximum absolute atomic E-state index is 9.55. The lowest BCUT2D eigenvalue weighted by molar-refractivity contribution is -0.299. The van der Waals surface area contributed by atoms with Crippen molar-refractivity contribution in [3.05, 3.63) is 0 Å². The Balaban J connectivity index is 2.72. The molecule has 1 heterocycles. The Hall–Kier alpha value is -0.240. The molecule has 0 aromatic carbocycles. The van der Waals surface area contributed by atoms with E-state index in [1.165, 1.54) is 0 Å². The van der Waals surface area contributed by atoms with Gasteiger partial charge in [0.05, 0.1) is 19.8 Å². The number of rotatable bonds is 3. The monoisotopic (exact) mass is 194 g/mol. The van der Waals surface area contributed by atoms with Crippen LogP contribution in [-0.2, 0) is 9.47 Å². The fourth-order valence-corrected chi connectivity index (χ4v) is 1.23. The highest BCUT2D eigenvalue weighted by atomic mass is 16.7. The molecular formula is C7H14O6. The van der Waals surface area contributed by atoms with E-state index in [9.17, 15) is 5.11 Å². The molecular weight excluding hydrogens is 180 g/mol. The summed E-state index contributed by atoms with van der Waals surface area (Å²) in [6.07, 6.45) is -2.06. The predicted molar refractivity (Wildman–Crippen MR) is 40.8 cm³/mol. The van der Waals surface area contributed by atoms with Gasteiger partial charge in [-0.2, -0.15) is 0 Å². The summed E-state index contributed by atoms with van der Waals surface area (Å²) in [6, 6.07) is 0. The zero-order valence-corrected chi connectivity index (χ0v) is 7.09. The Kier molecular flexibility index (Phi) is 3.60. The lowest BCUT2D eigenvalue weighted by Crippen LogP contribution is -2.61. The van der Waals surface area contributed by atoms with Crippen molar-refractivity contribution in [2.75, 3.05) is 26.6 Å². The lowest BCUT2D eigenvalue weighted by Gasteiger charge is -2.42. The van der Waals surface area contributed by atoms with Gasteiger partial charge in [-0.25, -0.2) is 0 Å². The second kappa shape index (κ2) is 4.32. The van der Waals surface area contributed by atoms with Crippen LogP contribution in [0.5, 0.6) is 0 Å². The standard InChI is InChI=1S/C7H14O6/c8-1-5-6(11)7(2-9,3-10)13-4-12-5/h5-6,8-11H,1-4H2/t5-,6+/m1/s1. The minimum Gasteiger partial charge on any atom is -0.394 e. The van der Waals surface area contributed by atoms with Gasteiger partial charge in [-0.1, -0.05) is 0 Å². The second-order valence-electron chi connectivity index (χ2n) is 2.98. The first-order valence-electron chi connectivity index (χ1n) is 3.96. The van der Waals surface area contributed by atoms with Crippen molar-refractivity contribution >= 4 is 0 Å². The predicted octanol–water partition coefficient (Wildman–Crippen LogP) is -2.56. The van der Waals surface area contributed by atoms with Crippen LogP contribution in [0.25, 0.3) is 0 Å². The molecule has 0 bridgehead atoms. The third kappa shape index (κ3) is 1.83. The normalized spacial score (nSPS) is 33.2. The molecule has 0 aromatic rings. The van der Waals surface area contributed by atoms with Crippen molar-refractivity contribution in [3.8, 4) is 0 Å². The molecule has 1 saturated heterocycles. The van der Waals surface area contributed by atoms with Crippen LogP contribution in [0.2, 0.25) is 0 Å². The van der Waals surface area contributed by atoms with Gasteiger partial charge in [0.1, 0.15) is 24.6 Å². The van der Waals surface area contributed by atoms with Crippen molar-refractivity contribution in [2.45, 2.75) is 17.8 Å².